The zero-order chi connectivity index (χ0) is 24.4. The molecule has 0 fully saturated rings. The maximum atomic E-state index is 12.5. The monoisotopic (exact) mass is 473 g/mol. The standard InChI is InChI=1S/C23H31N5O4S/c1-12(2)20(18-10-14(4)15(5)32-18)25-22-21(26-33(31)27-22)24-16-9-8-13(3)19(17(29)11-16)23(30)28(6)7/h8-10,12,20,29H,11H2,1-7H3,(H,24,26)(H,25,27). The van der Waals surface area contributed by atoms with Crippen molar-refractivity contribution in [1.82, 2.24) is 15.5 Å². The second kappa shape index (κ2) is 9.78. The van der Waals surface area contributed by atoms with Gasteiger partial charge in [0.25, 0.3) is 17.1 Å². The van der Waals surface area contributed by atoms with E-state index < -0.39 is 11.2 Å². The van der Waals surface area contributed by atoms with Gasteiger partial charge in [-0.2, -0.15) is 0 Å². The van der Waals surface area contributed by atoms with E-state index in [4.69, 9.17) is 4.42 Å². The van der Waals surface area contributed by atoms with Crippen molar-refractivity contribution in [2.45, 2.75) is 47.1 Å². The third-order valence-corrected chi connectivity index (χ3v) is 6.17. The number of hydrogen-bond donors (Lipinski definition) is 3. The summed E-state index contributed by atoms with van der Waals surface area (Å²) in [6, 6.07) is 1.78. The Kier molecular flexibility index (Phi) is 7.26. The quantitative estimate of drug-likeness (QED) is 0.604. The molecular weight excluding hydrogens is 442 g/mol. The lowest BCUT2D eigenvalue weighted by Crippen LogP contribution is -2.41. The van der Waals surface area contributed by atoms with Crippen LogP contribution in [-0.4, -0.2) is 45.9 Å². The normalized spacial score (nSPS) is 19.5. The van der Waals surface area contributed by atoms with Gasteiger partial charge in [0.2, 0.25) is 0 Å². The maximum Gasteiger partial charge on any atom is 0.269 e. The minimum atomic E-state index is -1.77. The first-order chi connectivity index (χ1) is 15.5. The molecular formula is C23H31N5O4S. The maximum absolute atomic E-state index is 12.5. The van der Waals surface area contributed by atoms with Crippen LogP contribution < -0.4 is 10.6 Å². The van der Waals surface area contributed by atoms with Crippen molar-refractivity contribution in [3.05, 3.63) is 57.9 Å². The van der Waals surface area contributed by atoms with E-state index in [9.17, 15) is 14.1 Å². The second-order valence-corrected chi connectivity index (χ2v) is 9.56. The summed E-state index contributed by atoms with van der Waals surface area (Å²) in [5, 5.41) is 17.1. The number of carbonyl (C=O) groups excluding carboxylic acids is 1. The van der Waals surface area contributed by atoms with E-state index in [0.717, 1.165) is 17.1 Å². The first kappa shape index (κ1) is 24.5. The highest BCUT2D eigenvalue weighted by molar-refractivity contribution is 7.83. The number of likely N-dealkylation sites (N-methyl/N-ethyl adjacent to an activating group) is 1. The van der Waals surface area contributed by atoms with E-state index in [-0.39, 0.29) is 35.6 Å². The van der Waals surface area contributed by atoms with Gasteiger partial charge in [0.15, 0.2) is 11.7 Å². The molecule has 3 N–H and O–H groups in total. The highest BCUT2D eigenvalue weighted by atomic mass is 32.2. The zero-order valence-corrected chi connectivity index (χ0v) is 20.8. The van der Waals surface area contributed by atoms with E-state index in [1.807, 2.05) is 19.9 Å². The fourth-order valence-electron chi connectivity index (χ4n) is 3.53. The van der Waals surface area contributed by atoms with Crippen LogP contribution in [0.1, 0.15) is 50.3 Å². The molecule has 1 aromatic rings. The summed E-state index contributed by atoms with van der Waals surface area (Å²) in [5.41, 5.74) is 2.56. The first-order valence-corrected chi connectivity index (χ1v) is 11.8. The van der Waals surface area contributed by atoms with Gasteiger partial charge < -0.3 is 25.1 Å². The Labute approximate surface area is 196 Å². The van der Waals surface area contributed by atoms with Gasteiger partial charge in [-0.25, -0.2) is 4.21 Å². The SMILES string of the molecule is CC1=CC=C(NC2=NS(=O)N=C2NC(c2cc(C)c(C)o2)C(C)C)CC(O)=C1C(=O)N(C)C. The minimum absolute atomic E-state index is 0.0496. The topological polar surface area (TPSA) is 120 Å². The Morgan fingerprint density at radius 3 is 2.42 bits per heavy atom. The summed E-state index contributed by atoms with van der Waals surface area (Å²) in [5.74, 6) is 2.08. The Bertz CT molecular complexity index is 1120. The Balaban J connectivity index is 1.82. The smallest absolute Gasteiger partial charge is 0.269 e. The molecule has 1 aliphatic heterocycles. The fourth-order valence-corrected chi connectivity index (χ4v) is 4.15. The fraction of sp³-hybridized carbons (Fsp3) is 0.435. The predicted molar refractivity (Wildman–Crippen MR) is 130 cm³/mol. The molecule has 1 aliphatic carbocycles. The lowest BCUT2D eigenvalue weighted by Gasteiger charge is -2.22. The van der Waals surface area contributed by atoms with Crippen molar-refractivity contribution in [3.63, 3.8) is 0 Å². The number of aliphatic hydroxyl groups is 1. The van der Waals surface area contributed by atoms with E-state index in [1.165, 1.54) is 4.90 Å². The van der Waals surface area contributed by atoms with Crippen molar-refractivity contribution >= 4 is 28.8 Å². The lowest BCUT2D eigenvalue weighted by molar-refractivity contribution is -0.124. The second-order valence-electron chi connectivity index (χ2n) is 8.73. The molecule has 3 rings (SSSR count). The summed E-state index contributed by atoms with van der Waals surface area (Å²) in [6.45, 7) is 9.77. The molecule has 178 valence electrons. The van der Waals surface area contributed by atoms with Crippen LogP contribution in [-0.2, 0) is 16.0 Å². The van der Waals surface area contributed by atoms with Crippen molar-refractivity contribution < 1.29 is 18.5 Å². The average Bonchev–Trinajstić information content (AvgIpc) is 3.19. The summed E-state index contributed by atoms with van der Waals surface area (Å²) in [4.78, 5) is 13.9. The third-order valence-electron chi connectivity index (χ3n) is 5.49. The number of carbonyl (C=O) groups is 1. The Morgan fingerprint density at radius 2 is 1.85 bits per heavy atom. The molecule has 0 saturated heterocycles. The number of amidine groups is 2. The van der Waals surface area contributed by atoms with Gasteiger partial charge in [0.1, 0.15) is 17.3 Å². The number of nitrogens with zero attached hydrogens (tertiary/aromatic N) is 3. The highest BCUT2D eigenvalue weighted by Crippen LogP contribution is 2.27. The van der Waals surface area contributed by atoms with Gasteiger partial charge in [-0.05, 0) is 50.0 Å². The number of aryl methyl sites for hydroxylation is 2. The van der Waals surface area contributed by atoms with Gasteiger partial charge >= 0.3 is 0 Å². The van der Waals surface area contributed by atoms with Crippen molar-refractivity contribution in [1.29, 1.82) is 0 Å². The summed E-state index contributed by atoms with van der Waals surface area (Å²) in [7, 11) is 3.27. The van der Waals surface area contributed by atoms with Gasteiger partial charge in [-0.1, -0.05) is 19.9 Å². The molecule has 0 radical (unpaired) electrons. The molecule has 1 amide bonds. The molecule has 2 atom stereocenters. The third kappa shape index (κ3) is 5.44. The minimum Gasteiger partial charge on any atom is -0.511 e. The molecule has 2 aliphatic rings. The van der Waals surface area contributed by atoms with E-state index in [0.29, 0.717) is 22.9 Å². The predicted octanol–water partition coefficient (Wildman–Crippen LogP) is 3.30. The number of rotatable bonds is 5. The molecule has 33 heavy (non-hydrogen) atoms. The van der Waals surface area contributed by atoms with Crippen LogP contribution in [0.5, 0.6) is 0 Å². The molecule has 0 aromatic carbocycles. The largest absolute Gasteiger partial charge is 0.511 e. The van der Waals surface area contributed by atoms with Crippen LogP contribution >= 0.6 is 0 Å². The molecule has 2 unspecified atom stereocenters. The van der Waals surface area contributed by atoms with Crippen LogP contribution in [0.15, 0.2) is 54.0 Å². The van der Waals surface area contributed by atoms with Crippen LogP contribution in [0.3, 0.4) is 0 Å². The van der Waals surface area contributed by atoms with E-state index in [2.05, 4.69) is 33.3 Å². The molecule has 0 spiro atoms. The van der Waals surface area contributed by atoms with Crippen LogP contribution in [0, 0.1) is 19.8 Å². The van der Waals surface area contributed by atoms with Gasteiger partial charge in [0, 0.05) is 26.2 Å². The molecule has 0 bridgehead atoms. The molecule has 0 saturated carbocycles. The van der Waals surface area contributed by atoms with Crippen molar-refractivity contribution in [2.75, 3.05) is 14.1 Å². The Morgan fingerprint density at radius 1 is 1.18 bits per heavy atom. The van der Waals surface area contributed by atoms with Crippen molar-refractivity contribution in [3.8, 4) is 0 Å². The number of nitrogens with one attached hydrogen (secondary N) is 2. The zero-order valence-electron chi connectivity index (χ0n) is 20.0. The molecule has 10 heteroatoms. The molecule has 9 nitrogen and oxygen atoms in total. The summed E-state index contributed by atoms with van der Waals surface area (Å²) >= 11 is -1.77. The Hall–Kier alpha value is -3.14. The molecule has 1 aromatic heterocycles. The lowest BCUT2D eigenvalue weighted by atomic mass is 10.0. The number of hydrogen-bond acceptors (Lipinski definition) is 6. The number of furan rings is 1. The van der Waals surface area contributed by atoms with Crippen LogP contribution in [0.2, 0.25) is 0 Å². The van der Waals surface area contributed by atoms with E-state index in [1.54, 1.807) is 33.2 Å². The van der Waals surface area contributed by atoms with Crippen LogP contribution in [0.25, 0.3) is 0 Å². The van der Waals surface area contributed by atoms with Gasteiger partial charge in [-0.15, -0.1) is 8.80 Å². The number of allylic oxidation sites excluding steroid dienone is 2. The van der Waals surface area contributed by atoms with Gasteiger partial charge in [-0.3, -0.25) is 4.79 Å². The van der Waals surface area contributed by atoms with Gasteiger partial charge in [0.05, 0.1) is 11.6 Å². The highest BCUT2D eigenvalue weighted by Gasteiger charge is 2.28. The number of aliphatic hydroxyl groups excluding tert-OH is 1. The number of amides is 1. The van der Waals surface area contributed by atoms with E-state index >= 15 is 0 Å². The molecule has 2 heterocycles. The van der Waals surface area contributed by atoms with Crippen molar-refractivity contribution in [2.24, 2.45) is 14.7 Å². The summed E-state index contributed by atoms with van der Waals surface area (Å²) < 4.78 is 26.3. The summed E-state index contributed by atoms with van der Waals surface area (Å²) in [6.07, 6.45) is 3.61. The first-order valence-electron chi connectivity index (χ1n) is 10.7. The van der Waals surface area contributed by atoms with Crippen LogP contribution in [0.4, 0.5) is 0 Å². The average molecular weight is 474 g/mol.